The SMILES string of the molecule is Cc1oc(-c2ccco2)nc1CN(CCO)Cc1cccs1. The maximum atomic E-state index is 9.27. The molecule has 5 nitrogen and oxygen atoms in total. The van der Waals surface area contributed by atoms with Crippen molar-refractivity contribution >= 4 is 11.3 Å². The Labute approximate surface area is 132 Å². The zero-order valence-corrected chi connectivity index (χ0v) is 13.2. The summed E-state index contributed by atoms with van der Waals surface area (Å²) in [7, 11) is 0. The van der Waals surface area contributed by atoms with Gasteiger partial charge in [-0.2, -0.15) is 0 Å². The molecule has 0 saturated heterocycles. The summed E-state index contributed by atoms with van der Waals surface area (Å²) in [6.07, 6.45) is 1.60. The first-order valence-corrected chi connectivity index (χ1v) is 8.00. The highest BCUT2D eigenvalue weighted by atomic mass is 32.1. The molecule has 0 atom stereocenters. The van der Waals surface area contributed by atoms with Gasteiger partial charge in [-0.3, -0.25) is 4.90 Å². The van der Waals surface area contributed by atoms with Gasteiger partial charge in [-0.15, -0.1) is 11.3 Å². The van der Waals surface area contributed by atoms with E-state index in [2.05, 4.69) is 21.3 Å². The van der Waals surface area contributed by atoms with Crippen LogP contribution in [0.1, 0.15) is 16.3 Å². The van der Waals surface area contributed by atoms with Crippen molar-refractivity contribution in [1.29, 1.82) is 0 Å². The number of aliphatic hydroxyl groups is 1. The third-order valence-corrected chi connectivity index (χ3v) is 4.23. The van der Waals surface area contributed by atoms with Gasteiger partial charge in [0.2, 0.25) is 0 Å². The first-order chi connectivity index (χ1) is 10.8. The summed E-state index contributed by atoms with van der Waals surface area (Å²) < 4.78 is 11.0. The lowest BCUT2D eigenvalue weighted by Crippen LogP contribution is -2.26. The highest BCUT2D eigenvalue weighted by Crippen LogP contribution is 2.23. The number of rotatable bonds is 7. The van der Waals surface area contributed by atoms with Crippen LogP contribution in [0.15, 0.2) is 44.7 Å². The minimum atomic E-state index is 0.118. The number of oxazole rings is 1. The van der Waals surface area contributed by atoms with Crippen LogP contribution < -0.4 is 0 Å². The van der Waals surface area contributed by atoms with Crippen LogP contribution in [-0.2, 0) is 13.1 Å². The fourth-order valence-corrected chi connectivity index (χ4v) is 3.02. The zero-order chi connectivity index (χ0) is 15.4. The number of thiophene rings is 1. The Balaban J connectivity index is 1.74. The third-order valence-electron chi connectivity index (χ3n) is 3.37. The lowest BCUT2D eigenvalue weighted by molar-refractivity contribution is 0.183. The van der Waals surface area contributed by atoms with Gasteiger partial charge < -0.3 is 13.9 Å². The smallest absolute Gasteiger partial charge is 0.263 e. The number of aliphatic hydroxyl groups excluding tert-OH is 1. The summed E-state index contributed by atoms with van der Waals surface area (Å²) in [5, 5.41) is 11.3. The molecule has 0 aliphatic carbocycles. The van der Waals surface area contributed by atoms with Gasteiger partial charge in [-0.1, -0.05) is 6.07 Å². The van der Waals surface area contributed by atoms with Crippen LogP contribution in [0.25, 0.3) is 11.7 Å². The average Bonchev–Trinajstić information content (AvgIpc) is 3.22. The third kappa shape index (κ3) is 3.47. The lowest BCUT2D eigenvalue weighted by atomic mass is 10.3. The molecular weight excluding hydrogens is 300 g/mol. The van der Waals surface area contributed by atoms with Crippen molar-refractivity contribution in [1.82, 2.24) is 9.88 Å². The summed E-state index contributed by atoms with van der Waals surface area (Å²) in [6, 6.07) is 7.77. The maximum Gasteiger partial charge on any atom is 0.263 e. The molecule has 0 aromatic carbocycles. The van der Waals surface area contributed by atoms with E-state index in [0.29, 0.717) is 24.7 Å². The number of aryl methyl sites for hydroxylation is 1. The Morgan fingerprint density at radius 3 is 2.86 bits per heavy atom. The second-order valence-electron chi connectivity index (χ2n) is 5.01. The van der Waals surface area contributed by atoms with Crippen LogP contribution in [0.2, 0.25) is 0 Å². The van der Waals surface area contributed by atoms with E-state index in [9.17, 15) is 5.11 Å². The topological polar surface area (TPSA) is 62.6 Å². The predicted molar refractivity (Wildman–Crippen MR) is 84.5 cm³/mol. The van der Waals surface area contributed by atoms with Crippen molar-refractivity contribution in [2.45, 2.75) is 20.0 Å². The van der Waals surface area contributed by atoms with E-state index >= 15 is 0 Å². The molecule has 0 radical (unpaired) electrons. The molecule has 22 heavy (non-hydrogen) atoms. The molecule has 3 heterocycles. The molecule has 0 bridgehead atoms. The normalized spacial score (nSPS) is 11.4. The van der Waals surface area contributed by atoms with E-state index in [4.69, 9.17) is 8.83 Å². The van der Waals surface area contributed by atoms with Gasteiger partial charge in [0.1, 0.15) is 5.76 Å². The number of nitrogens with zero attached hydrogens (tertiary/aromatic N) is 2. The molecule has 116 valence electrons. The molecule has 0 amide bonds. The van der Waals surface area contributed by atoms with Crippen LogP contribution in [0.5, 0.6) is 0 Å². The number of hydrogen-bond donors (Lipinski definition) is 1. The molecule has 0 spiro atoms. The molecule has 0 aliphatic rings. The maximum absolute atomic E-state index is 9.27. The van der Waals surface area contributed by atoms with Crippen molar-refractivity contribution in [3.63, 3.8) is 0 Å². The van der Waals surface area contributed by atoms with Crippen molar-refractivity contribution in [2.75, 3.05) is 13.2 Å². The molecule has 0 unspecified atom stereocenters. The fraction of sp³-hybridized carbons (Fsp3) is 0.312. The van der Waals surface area contributed by atoms with Gasteiger partial charge in [0.05, 0.1) is 18.6 Å². The Morgan fingerprint density at radius 1 is 1.27 bits per heavy atom. The molecule has 1 N–H and O–H groups in total. The van der Waals surface area contributed by atoms with E-state index in [1.54, 1.807) is 17.6 Å². The second kappa shape index (κ2) is 6.91. The van der Waals surface area contributed by atoms with Crippen molar-refractivity contribution < 1.29 is 13.9 Å². The highest BCUT2D eigenvalue weighted by molar-refractivity contribution is 7.09. The minimum absolute atomic E-state index is 0.118. The van der Waals surface area contributed by atoms with E-state index < -0.39 is 0 Å². The van der Waals surface area contributed by atoms with Crippen LogP contribution in [-0.4, -0.2) is 28.1 Å². The Hall–Kier alpha value is -1.89. The van der Waals surface area contributed by atoms with Gasteiger partial charge in [0.25, 0.3) is 5.89 Å². The molecule has 0 fully saturated rings. The van der Waals surface area contributed by atoms with Crippen LogP contribution in [0, 0.1) is 6.92 Å². The monoisotopic (exact) mass is 318 g/mol. The Kier molecular flexibility index (Phi) is 4.72. The summed E-state index contributed by atoms with van der Waals surface area (Å²) in [6.45, 7) is 4.04. The van der Waals surface area contributed by atoms with Gasteiger partial charge in [-0.05, 0) is 30.5 Å². The van der Waals surface area contributed by atoms with Crippen LogP contribution in [0.4, 0.5) is 0 Å². The average molecular weight is 318 g/mol. The van der Waals surface area contributed by atoms with E-state index in [-0.39, 0.29) is 6.61 Å². The van der Waals surface area contributed by atoms with Crippen LogP contribution in [0.3, 0.4) is 0 Å². The standard InChI is InChI=1S/C16H18N2O3S/c1-12-14(17-16(21-12)15-5-2-8-20-15)11-18(6-7-19)10-13-4-3-9-22-13/h2-5,8-9,19H,6-7,10-11H2,1H3. The lowest BCUT2D eigenvalue weighted by Gasteiger charge is -2.19. The van der Waals surface area contributed by atoms with Gasteiger partial charge >= 0.3 is 0 Å². The predicted octanol–water partition coefficient (Wildman–Crippen LogP) is 3.30. The molecule has 3 aromatic heterocycles. The zero-order valence-electron chi connectivity index (χ0n) is 12.4. The first-order valence-electron chi connectivity index (χ1n) is 7.12. The fourth-order valence-electron chi connectivity index (χ4n) is 2.27. The van der Waals surface area contributed by atoms with Crippen molar-refractivity contribution in [3.05, 3.63) is 52.2 Å². The number of hydrogen-bond acceptors (Lipinski definition) is 6. The van der Waals surface area contributed by atoms with Crippen molar-refractivity contribution in [2.24, 2.45) is 0 Å². The molecule has 0 saturated carbocycles. The van der Waals surface area contributed by atoms with Gasteiger partial charge in [-0.25, -0.2) is 4.98 Å². The molecule has 6 heteroatoms. The van der Waals surface area contributed by atoms with Gasteiger partial charge in [0, 0.05) is 24.5 Å². The van der Waals surface area contributed by atoms with Crippen molar-refractivity contribution in [3.8, 4) is 11.7 Å². The number of furan rings is 1. The Bertz CT molecular complexity index is 689. The summed E-state index contributed by atoms with van der Waals surface area (Å²) in [4.78, 5) is 7.94. The Morgan fingerprint density at radius 2 is 2.18 bits per heavy atom. The van der Waals surface area contributed by atoms with E-state index in [1.165, 1.54) is 4.88 Å². The quantitative estimate of drug-likeness (QED) is 0.724. The van der Waals surface area contributed by atoms with Crippen LogP contribution >= 0.6 is 11.3 Å². The summed E-state index contributed by atoms with van der Waals surface area (Å²) >= 11 is 1.71. The van der Waals surface area contributed by atoms with E-state index in [1.807, 2.05) is 25.1 Å². The van der Waals surface area contributed by atoms with Gasteiger partial charge in [0.15, 0.2) is 5.76 Å². The molecule has 3 rings (SSSR count). The number of aromatic nitrogens is 1. The molecule has 0 aliphatic heterocycles. The largest absolute Gasteiger partial charge is 0.459 e. The highest BCUT2D eigenvalue weighted by Gasteiger charge is 2.16. The first kappa shape index (κ1) is 15.0. The molecule has 3 aromatic rings. The minimum Gasteiger partial charge on any atom is -0.459 e. The summed E-state index contributed by atoms with van der Waals surface area (Å²) in [5.41, 5.74) is 0.872. The summed E-state index contributed by atoms with van der Waals surface area (Å²) in [5.74, 6) is 1.90. The molecular formula is C16H18N2O3S. The van der Waals surface area contributed by atoms with E-state index in [0.717, 1.165) is 18.0 Å². The second-order valence-corrected chi connectivity index (χ2v) is 6.05.